The van der Waals surface area contributed by atoms with Crippen LogP contribution in [-0.4, -0.2) is 33.4 Å². The first-order valence-electron chi connectivity index (χ1n) is 10.1. The van der Waals surface area contributed by atoms with Gasteiger partial charge in [0, 0.05) is 31.7 Å². The van der Waals surface area contributed by atoms with Crippen LogP contribution in [0.2, 0.25) is 0 Å². The Morgan fingerprint density at radius 3 is 2.52 bits per heavy atom. The number of carbonyl (C=O) groups is 1. The van der Waals surface area contributed by atoms with Crippen molar-refractivity contribution < 1.29 is 4.79 Å². The lowest BCUT2D eigenvalue weighted by Gasteiger charge is -2.30. The predicted octanol–water partition coefficient (Wildman–Crippen LogP) is 4.09. The Hall–Kier alpha value is -3.21. The van der Waals surface area contributed by atoms with E-state index >= 15 is 0 Å². The lowest BCUT2D eigenvalue weighted by Crippen LogP contribution is -2.37. The number of carbonyl (C=O) groups excluding carboxylic acids is 1. The molecule has 1 aromatic heterocycles. The lowest BCUT2D eigenvalue weighted by atomic mass is 10.00. The largest absolute Gasteiger partial charge is 0.352 e. The zero-order valence-corrected chi connectivity index (χ0v) is 17.0. The highest BCUT2D eigenvalue weighted by molar-refractivity contribution is 5.93. The van der Waals surface area contributed by atoms with Crippen LogP contribution in [0, 0.1) is 0 Å². The fourth-order valence-corrected chi connectivity index (χ4v) is 3.74. The third-order valence-electron chi connectivity index (χ3n) is 5.41. The van der Waals surface area contributed by atoms with Crippen LogP contribution in [0.15, 0.2) is 67.0 Å². The first-order valence-corrected chi connectivity index (χ1v) is 10.1. The van der Waals surface area contributed by atoms with Crippen LogP contribution < -0.4 is 4.90 Å². The summed E-state index contributed by atoms with van der Waals surface area (Å²) >= 11 is 0. The highest BCUT2D eigenvalue weighted by Gasteiger charge is 2.23. The minimum absolute atomic E-state index is 0.0649. The first-order chi connectivity index (χ1) is 14.1. The average Bonchev–Trinajstić information content (AvgIpc) is 2.77. The van der Waals surface area contributed by atoms with Gasteiger partial charge in [0.25, 0.3) is 5.91 Å². The van der Waals surface area contributed by atoms with Gasteiger partial charge < -0.3 is 9.80 Å². The van der Waals surface area contributed by atoms with Crippen molar-refractivity contribution in [1.82, 2.24) is 14.9 Å². The van der Waals surface area contributed by atoms with Crippen molar-refractivity contribution in [3.63, 3.8) is 0 Å². The van der Waals surface area contributed by atoms with Crippen LogP contribution in [-0.2, 0) is 19.5 Å². The molecule has 1 aliphatic heterocycles. The van der Waals surface area contributed by atoms with Gasteiger partial charge in [0.15, 0.2) is 0 Å². The van der Waals surface area contributed by atoms with Crippen molar-refractivity contribution in [2.75, 3.05) is 11.4 Å². The van der Waals surface area contributed by atoms with E-state index in [1.165, 1.54) is 17.5 Å². The van der Waals surface area contributed by atoms with E-state index in [0.717, 1.165) is 30.9 Å². The quantitative estimate of drug-likeness (QED) is 0.663. The maximum Gasteiger partial charge on any atom is 0.273 e. The molecule has 2 heterocycles. The highest BCUT2D eigenvalue weighted by Crippen LogP contribution is 2.23. The molecule has 0 radical (unpaired) electrons. The predicted molar refractivity (Wildman–Crippen MR) is 115 cm³/mol. The van der Waals surface area contributed by atoms with Crippen molar-refractivity contribution in [3.05, 3.63) is 89.4 Å². The zero-order chi connectivity index (χ0) is 20.2. The van der Waals surface area contributed by atoms with Crippen LogP contribution in [0.4, 0.5) is 5.82 Å². The maximum atomic E-state index is 13.2. The molecule has 0 fully saturated rings. The summed E-state index contributed by atoms with van der Waals surface area (Å²) in [5.41, 5.74) is 4.26. The summed E-state index contributed by atoms with van der Waals surface area (Å²) < 4.78 is 0. The summed E-state index contributed by atoms with van der Waals surface area (Å²) in [5, 5.41) is 0. The molecule has 1 aliphatic rings. The molecule has 0 saturated heterocycles. The Morgan fingerprint density at radius 1 is 1.03 bits per heavy atom. The molecule has 0 N–H and O–H groups in total. The van der Waals surface area contributed by atoms with E-state index in [1.54, 1.807) is 0 Å². The van der Waals surface area contributed by atoms with Gasteiger partial charge in [0.05, 0.1) is 0 Å². The summed E-state index contributed by atoms with van der Waals surface area (Å²) in [4.78, 5) is 26.1. The van der Waals surface area contributed by atoms with Crippen LogP contribution >= 0.6 is 0 Å². The maximum absolute atomic E-state index is 13.2. The fraction of sp³-hybridized carbons (Fsp3) is 0.292. The average molecular weight is 386 g/mol. The number of amides is 1. The molecule has 29 heavy (non-hydrogen) atoms. The highest BCUT2D eigenvalue weighted by atomic mass is 16.2. The molecule has 1 amide bonds. The molecular formula is C24H26N4O. The first kappa shape index (κ1) is 19.1. The Morgan fingerprint density at radius 2 is 1.76 bits per heavy atom. The molecule has 0 aliphatic carbocycles. The number of hydrogen-bond donors (Lipinski definition) is 0. The van der Waals surface area contributed by atoms with Crippen molar-refractivity contribution >= 4 is 11.7 Å². The molecule has 2 aromatic carbocycles. The smallest absolute Gasteiger partial charge is 0.273 e. The fourth-order valence-electron chi connectivity index (χ4n) is 3.74. The molecule has 0 bridgehead atoms. The molecule has 0 unspecified atom stereocenters. The van der Waals surface area contributed by atoms with Crippen LogP contribution in [0.25, 0.3) is 0 Å². The number of fused-ring (bicyclic) bond motifs is 1. The topological polar surface area (TPSA) is 49.3 Å². The molecule has 5 nitrogen and oxygen atoms in total. The van der Waals surface area contributed by atoms with Crippen LogP contribution in [0.5, 0.6) is 0 Å². The third kappa shape index (κ3) is 4.29. The van der Waals surface area contributed by atoms with Gasteiger partial charge in [-0.25, -0.2) is 9.97 Å². The molecule has 0 saturated carbocycles. The number of aromatic nitrogens is 2. The molecule has 4 rings (SSSR count). The van der Waals surface area contributed by atoms with Gasteiger partial charge in [-0.15, -0.1) is 0 Å². The Bertz CT molecular complexity index is 987. The lowest BCUT2D eigenvalue weighted by molar-refractivity contribution is 0.0684. The van der Waals surface area contributed by atoms with Gasteiger partial charge in [0.1, 0.15) is 17.8 Å². The van der Waals surface area contributed by atoms with E-state index in [2.05, 4.69) is 39.1 Å². The third-order valence-corrected chi connectivity index (χ3v) is 5.41. The second-order valence-electron chi connectivity index (χ2n) is 7.71. The van der Waals surface area contributed by atoms with Gasteiger partial charge >= 0.3 is 0 Å². The summed E-state index contributed by atoms with van der Waals surface area (Å²) in [6.07, 6.45) is 2.49. The number of rotatable bonds is 5. The molecule has 148 valence electrons. The van der Waals surface area contributed by atoms with Crippen LogP contribution in [0.3, 0.4) is 0 Å². The van der Waals surface area contributed by atoms with E-state index in [0.29, 0.717) is 12.2 Å². The molecule has 5 heteroatoms. The number of hydrogen-bond acceptors (Lipinski definition) is 4. The van der Waals surface area contributed by atoms with Crippen molar-refractivity contribution in [1.29, 1.82) is 0 Å². The van der Waals surface area contributed by atoms with Crippen molar-refractivity contribution in [2.24, 2.45) is 0 Å². The molecule has 3 aromatic rings. The van der Waals surface area contributed by atoms with Crippen molar-refractivity contribution in [3.8, 4) is 0 Å². The van der Waals surface area contributed by atoms with E-state index in [-0.39, 0.29) is 11.9 Å². The Labute approximate surface area is 172 Å². The number of benzene rings is 2. The second kappa shape index (κ2) is 8.43. The SMILES string of the molecule is CC(C)N(Cc1ccccc1)C(=O)c1cc(N2CCc3ccccc3C2)ncn1. The monoisotopic (exact) mass is 386 g/mol. The Balaban J connectivity index is 1.55. The van der Waals surface area contributed by atoms with Gasteiger partial charge in [0.2, 0.25) is 0 Å². The molecule has 0 spiro atoms. The molecular weight excluding hydrogens is 360 g/mol. The van der Waals surface area contributed by atoms with E-state index in [1.807, 2.05) is 55.1 Å². The Kier molecular flexibility index (Phi) is 5.56. The van der Waals surface area contributed by atoms with Gasteiger partial charge in [-0.3, -0.25) is 4.79 Å². The van der Waals surface area contributed by atoms with Gasteiger partial charge in [-0.05, 0) is 37.0 Å². The number of anilines is 1. The minimum Gasteiger partial charge on any atom is -0.352 e. The summed E-state index contributed by atoms with van der Waals surface area (Å²) in [5.74, 6) is 0.742. The van der Waals surface area contributed by atoms with Gasteiger partial charge in [-0.1, -0.05) is 54.6 Å². The van der Waals surface area contributed by atoms with E-state index < -0.39 is 0 Å². The second-order valence-corrected chi connectivity index (χ2v) is 7.71. The van der Waals surface area contributed by atoms with Gasteiger partial charge in [-0.2, -0.15) is 0 Å². The summed E-state index contributed by atoms with van der Waals surface area (Å²) in [6, 6.07) is 20.5. The minimum atomic E-state index is -0.0649. The van der Waals surface area contributed by atoms with Crippen LogP contribution in [0.1, 0.15) is 41.0 Å². The zero-order valence-electron chi connectivity index (χ0n) is 17.0. The standard InChI is InChI=1S/C24H26N4O/c1-18(2)28(15-19-8-4-3-5-9-19)24(29)22-14-23(26-17-25-22)27-13-12-20-10-6-7-11-21(20)16-27/h3-11,14,17-18H,12-13,15-16H2,1-2H3. The van der Waals surface area contributed by atoms with E-state index in [4.69, 9.17) is 0 Å². The number of nitrogens with zero attached hydrogens (tertiary/aromatic N) is 4. The summed E-state index contributed by atoms with van der Waals surface area (Å²) in [7, 11) is 0. The normalized spacial score (nSPS) is 13.3. The molecule has 0 atom stereocenters. The summed E-state index contributed by atoms with van der Waals surface area (Å²) in [6.45, 7) is 6.32. The van der Waals surface area contributed by atoms with E-state index in [9.17, 15) is 4.79 Å². The van der Waals surface area contributed by atoms with Crippen molar-refractivity contribution in [2.45, 2.75) is 39.4 Å².